The highest BCUT2D eigenvalue weighted by molar-refractivity contribution is 5.95. The van der Waals surface area contributed by atoms with Crippen molar-refractivity contribution in [2.24, 2.45) is 0 Å². The molecule has 30 heavy (non-hydrogen) atoms. The van der Waals surface area contributed by atoms with E-state index in [2.05, 4.69) is 38.1 Å². The van der Waals surface area contributed by atoms with Gasteiger partial charge in [0.1, 0.15) is 5.75 Å². The van der Waals surface area contributed by atoms with E-state index in [4.69, 9.17) is 14.2 Å². The zero-order chi connectivity index (χ0) is 21.4. The molecule has 0 aliphatic carbocycles. The van der Waals surface area contributed by atoms with Gasteiger partial charge in [0.25, 0.3) is 0 Å². The summed E-state index contributed by atoms with van der Waals surface area (Å²) in [5, 5.41) is 2.17. The lowest BCUT2D eigenvalue weighted by atomic mass is 10.1. The van der Waals surface area contributed by atoms with Gasteiger partial charge in [-0.3, -0.25) is 0 Å². The van der Waals surface area contributed by atoms with Gasteiger partial charge >= 0.3 is 0 Å². The van der Waals surface area contributed by atoms with Gasteiger partial charge in [-0.15, -0.1) is 0 Å². The Morgan fingerprint density at radius 3 is 1.73 bits per heavy atom. The highest BCUT2D eigenvalue weighted by atomic mass is 16.5. The van der Waals surface area contributed by atoms with Crippen LogP contribution < -0.4 is 14.2 Å². The van der Waals surface area contributed by atoms with Crippen LogP contribution in [0.25, 0.3) is 10.8 Å². The molecule has 0 N–H and O–H groups in total. The molecule has 0 aliphatic heterocycles. The summed E-state index contributed by atoms with van der Waals surface area (Å²) in [5.74, 6) is 2.49. The maximum Gasteiger partial charge on any atom is 0.169 e. The lowest BCUT2D eigenvalue weighted by Crippen LogP contribution is -2.03. The molecule has 0 aromatic heterocycles. The average molecular weight is 415 g/mol. The third kappa shape index (κ3) is 8.08. The van der Waals surface area contributed by atoms with Crippen molar-refractivity contribution in [3.63, 3.8) is 0 Å². The van der Waals surface area contributed by atoms with Crippen LogP contribution in [-0.2, 0) is 0 Å². The number of unbranched alkanes of at least 4 members (excludes halogenated alkanes) is 10. The Kier molecular flexibility index (Phi) is 12.2. The van der Waals surface area contributed by atoms with Crippen molar-refractivity contribution in [1.29, 1.82) is 0 Å². The fourth-order valence-electron chi connectivity index (χ4n) is 3.83. The van der Waals surface area contributed by atoms with E-state index >= 15 is 0 Å². The predicted molar refractivity (Wildman–Crippen MR) is 128 cm³/mol. The summed E-state index contributed by atoms with van der Waals surface area (Å²) >= 11 is 0. The topological polar surface area (TPSA) is 27.7 Å². The second-order valence-corrected chi connectivity index (χ2v) is 8.18. The predicted octanol–water partition coefficient (Wildman–Crippen LogP) is 8.33. The van der Waals surface area contributed by atoms with Crippen LogP contribution in [0.5, 0.6) is 17.2 Å². The molecule has 2 aromatic carbocycles. The van der Waals surface area contributed by atoms with E-state index in [1.165, 1.54) is 64.2 Å². The zero-order valence-corrected chi connectivity index (χ0v) is 19.5. The summed E-state index contributed by atoms with van der Waals surface area (Å²) in [6.07, 6.45) is 15.1. The summed E-state index contributed by atoms with van der Waals surface area (Å²) in [7, 11) is 1.71. The van der Waals surface area contributed by atoms with Crippen molar-refractivity contribution < 1.29 is 14.2 Å². The number of methoxy groups -OCH3 is 1. The van der Waals surface area contributed by atoms with Crippen LogP contribution >= 0.6 is 0 Å². The molecular weight excluding hydrogens is 372 g/mol. The molecule has 0 heterocycles. The fraction of sp³-hybridized carbons (Fsp3) is 0.630. The van der Waals surface area contributed by atoms with E-state index in [0.717, 1.165) is 54.1 Å². The van der Waals surface area contributed by atoms with Crippen molar-refractivity contribution in [3.8, 4) is 17.2 Å². The van der Waals surface area contributed by atoms with Gasteiger partial charge in [-0.25, -0.2) is 0 Å². The molecule has 0 aliphatic rings. The fourth-order valence-corrected chi connectivity index (χ4v) is 3.83. The molecule has 0 bridgehead atoms. The van der Waals surface area contributed by atoms with E-state index in [9.17, 15) is 0 Å². The molecule has 0 saturated carbocycles. The summed E-state index contributed by atoms with van der Waals surface area (Å²) in [6, 6.07) is 10.3. The molecule has 0 radical (unpaired) electrons. The van der Waals surface area contributed by atoms with E-state index in [-0.39, 0.29) is 0 Å². The van der Waals surface area contributed by atoms with Crippen molar-refractivity contribution in [2.45, 2.75) is 90.9 Å². The van der Waals surface area contributed by atoms with E-state index in [0.29, 0.717) is 0 Å². The first kappa shape index (κ1) is 24.4. The molecule has 0 atom stereocenters. The Morgan fingerprint density at radius 1 is 0.600 bits per heavy atom. The molecule has 0 saturated heterocycles. The van der Waals surface area contributed by atoms with Gasteiger partial charge in [-0.2, -0.15) is 0 Å². The first-order valence-corrected chi connectivity index (χ1v) is 12.2. The first-order valence-electron chi connectivity index (χ1n) is 12.2. The SMILES string of the molecule is CCCCCCCCOc1cc(OC)c(OCCCCCCCC)c2ccccc12. The molecule has 168 valence electrons. The lowest BCUT2D eigenvalue weighted by Gasteiger charge is -2.17. The molecule has 0 amide bonds. The summed E-state index contributed by atoms with van der Waals surface area (Å²) < 4.78 is 18.0. The Morgan fingerprint density at radius 2 is 1.13 bits per heavy atom. The van der Waals surface area contributed by atoms with Gasteiger partial charge in [-0.1, -0.05) is 102 Å². The minimum Gasteiger partial charge on any atom is -0.493 e. The van der Waals surface area contributed by atoms with Gasteiger partial charge in [-0.05, 0) is 12.8 Å². The number of ether oxygens (including phenoxy) is 3. The highest BCUT2D eigenvalue weighted by Gasteiger charge is 2.15. The summed E-state index contributed by atoms with van der Waals surface area (Å²) in [5.41, 5.74) is 0. The number of rotatable bonds is 17. The molecule has 0 fully saturated rings. The van der Waals surface area contributed by atoms with E-state index < -0.39 is 0 Å². The largest absolute Gasteiger partial charge is 0.493 e. The van der Waals surface area contributed by atoms with Crippen LogP contribution in [0.2, 0.25) is 0 Å². The van der Waals surface area contributed by atoms with Crippen LogP contribution in [0.4, 0.5) is 0 Å². The normalized spacial score (nSPS) is 11.0. The molecule has 2 aromatic rings. The monoisotopic (exact) mass is 414 g/mol. The molecular formula is C27H42O3. The third-order valence-corrected chi connectivity index (χ3v) is 5.64. The number of hydrogen-bond donors (Lipinski definition) is 0. The third-order valence-electron chi connectivity index (χ3n) is 5.64. The van der Waals surface area contributed by atoms with Crippen LogP contribution in [0, 0.1) is 0 Å². The molecule has 3 nitrogen and oxygen atoms in total. The maximum atomic E-state index is 6.20. The molecule has 0 spiro atoms. The number of hydrogen-bond acceptors (Lipinski definition) is 3. The summed E-state index contributed by atoms with van der Waals surface area (Å²) in [6.45, 7) is 5.98. The van der Waals surface area contributed by atoms with Crippen LogP contribution in [0.3, 0.4) is 0 Å². The first-order chi connectivity index (χ1) is 14.8. The van der Waals surface area contributed by atoms with E-state index in [1.54, 1.807) is 7.11 Å². The number of fused-ring (bicyclic) bond motifs is 1. The molecule has 0 unspecified atom stereocenters. The van der Waals surface area contributed by atoms with Crippen LogP contribution in [0.15, 0.2) is 30.3 Å². The Labute approximate surface area is 184 Å². The van der Waals surface area contributed by atoms with Crippen LogP contribution in [0.1, 0.15) is 90.9 Å². The van der Waals surface area contributed by atoms with Gasteiger partial charge in [0.05, 0.1) is 20.3 Å². The van der Waals surface area contributed by atoms with Gasteiger partial charge in [0.15, 0.2) is 11.5 Å². The van der Waals surface area contributed by atoms with Crippen molar-refractivity contribution >= 4 is 10.8 Å². The lowest BCUT2D eigenvalue weighted by molar-refractivity contribution is 0.283. The van der Waals surface area contributed by atoms with Crippen molar-refractivity contribution in [1.82, 2.24) is 0 Å². The second kappa shape index (κ2) is 15.0. The molecule has 2 rings (SSSR count). The Bertz CT molecular complexity index is 711. The molecule has 3 heteroatoms. The van der Waals surface area contributed by atoms with Crippen LogP contribution in [-0.4, -0.2) is 20.3 Å². The maximum absolute atomic E-state index is 6.20. The number of benzene rings is 2. The standard InChI is InChI=1S/C27H42O3/c1-4-6-8-10-12-16-20-29-25-22-26(28-3)27(24-19-15-14-18-23(24)25)30-21-17-13-11-9-7-5-2/h14-15,18-19,22H,4-13,16-17,20-21H2,1-3H3. The summed E-state index contributed by atoms with van der Waals surface area (Å²) in [4.78, 5) is 0. The van der Waals surface area contributed by atoms with E-state index in [1.807, 2.05) is 6.07 Å². The van der Waals surface area contributed by atoms with Gasteiger partial charge < -0.3 is 14.2 Å². The second-order valence-electron chi connectivity index (χ2n) is 8.18. The van der Waals surface area contributed by atoms with Gasteiger partial charge in [0, 0.05) is 16.8 Å². The minimum atomic E-state index is 0.727. The van der Waals surface area contributed by atoms with Crippen molar-refractivity contribution in [2.75, 3.05) is 20.3 Å². The highest BCUT2D eigenvalue weighted by Crippen LogP contribution is 2.41. The minimum absolute atomic E-state index is 0.727. The van der Waals surface area contributed by atoms with Gasteiger partial charge in [0.2, 0.25) is 0 Å². The average Bonchev–Trinajstić information content (AvgIpc) is 2.78. The smallest absolute Gasteiger partial charge is 0.169 e. The Hall–Kier alpha value is -1.90. The van der Waals surface area contributed by atoms with Crippen molar-refractivity contribution in [3.05, 3.63) is 30.3 Å². The Balaban J connectivity index is 1.96. The zero-order valence-electron chi connectivity index (χ0n) is 19.5. The quantitative estimate of drug-likeness (QED) is 0.243.